The molecule has 2 fully saturated rings. The van der Waals surface area contributed by atoms with Crippen LogP contribution < -0.4 is 0 Å². The number of amides is 2. The SMILES string of the molecule is O=C1CC(C(=O)N2CCCC(c3nccs3)C2)CN1Cc1cccc(C(F)(F)F)c1. The number of benzene rings is 1. The monoisotopic (exact) mass is 437 g/mol. The van der Waals surface area contributed by atoms with Crippen LogP contribution in [0.2, 0.25) is 0 Å². The Balaban J connectivity index is 1.39. The van der Waals surface area contributed by atoms with E-state index in [1.54, 1.807) is 23.6 Å². The number of hydrogen-bond donors (Lipinski definition) is 0. The maximum Gasteiger partial charge on any atom is 0.416 e. The van der Waals surface area contributed by atoms with Crippen molar-refractivity contribution < 1.29 is 22.8 Å². The summed E-state index contributed by atoms with van der Waals surface area (Å²) < 4.78 is 38.8. The minimum absolute atomic E-state index is 0.0452. The second kappa shape index (κ2) is 8.37. The van der Waals surface area contributed by atoms with Crippen molar-refractivity contribution in [3.63, 3.8) is 0 Å². The Bertz CT molecular complexity index is 916. The molecule has 2 aliphatic heterocycles. The number of thiazole rings is 1. The summed E-state index contributed by atoms with van der Waals surface area (Å²) in [5.74, 6) is -0.463. The van der Waals surface area contributed by atoms with Crippen molar-refractivity contribution in [1.29, 1.82) is 0 Å². The molecule has 9 heteroatoms. The lowest BCUT2D eigenvalue weighted by molar-refractivity contribution is -0.138. The Morgan fingerprint density at radius 1 is 1.27 bits per heavy atom. The highest BCUT2D eigenvalue weighted by Crippen LogP contribution is 2.32. The summed E-state index contributed by atoms with van der Waals surface area (Å²) in [6.45, 7) is 1.59. The van der Waals surface area contributed by atoms with E-state index < -0.39 is 17.7 Å². The minimum atomic E-state index is -4.42. The Hall–Kier alpha value is -2.42. The zero-order valence-electron chi connectivity index (χ0n) is 16.3. The van der Waals surface area contributed by atoms with Gasteiger partial charge in [-0.2, -0.15) is 13.2 Å². The zero-order valence-corrected chi connectivity index (χ0v) is 17.1. The molecule has 160 valence electrons. The van der Waals surface area contributed by atoms with E-state index in [-0.39, 0.29) is 37.2 Å². The lowest BCUT2D eigenvalue weighted by Gasteiger charge is -2.33. The van der Waals surface area contributed by atoms with Crippen LogP contribution in [0.5, 0.6) is 0 Å². The van der Waals surface area contributed by atoms with Crippen LogP contribution in [0, 0.1) is 5.92 Å². The first-order chi connectivity index (χ1) is 14.3. The number of carbonyl (C=O) groups excluding carboxylic acids is 2. The minimum Gasteiger partial charge on any atom is -0.342 e. The molecule has 2 saturated heterocycles. The van der Waals surface area contributed by atoms with Crippen LogP contribution in [0.15, 0.2) is 35.8 Å². The third kappa shape index (κ3) is 4.50. The van der Waals surface area contributed by atoms with Crippen molar-refractivity contribution in [3.05, 3.63) is 52.0 Å². The summed E-state index contributed by atoms with van der Waals surface area (Å²) in [6, 6.07) is 4.98. The number of nitrogens with zero attached hydrogens (tertiary/aromatic N) is 3. The molecule has 0 spiro atoms. The topological polar surface area (TPSA) is 53.5 Å². The smallest absolute Gasteiger partial charge is 0.342 e. The third-order valence-electron chi connectivity index (χ3n) is 5.73. The van der Waals surface area contributed by atoms with E-state index in [1.165, 1.54) is 11.0 Å². The van der Waals surface area contributed by atoms with Crippen molar-refractivity contribution >= 4 is 23.2 Å². The number of aromatic nitrogens is 1. The number of hydrogen-bond acceptors (Lipinski definition) is 4. The molecule has 30 heavy (non-hydrogen) atoms. The predicted octanol–water partition coefficient (Wildman–Crippen LogP) is 3.92. The van der Waals surface area contributed by atoms with Crippen LogP contribution in [0.3, 0.4) is 0 Å². The van der Waals surface area contributed by atoms with Gasteiger partial charge in [0, 0.05) is 50.1 Å². The number of halogens is 3. The highest BCUT2D eigenvalue weighted by atomic mass is 32.1. The Kier molecular flexibility index (Phi) is 5.81. The summed E-state index contributed by atoms with van der Waals surface area (Å²) in [5.41, 5.74) is -0.325. The molecule has 0 radical (unpaired) electrons. The van der Waals surface area contributed by atoms with Gasteiger partial charge in [0.05, 0.1) is 16.5 Å². The highest BCUT2D eigenvalue weighted by Gasteiger charge is 2.38. The quantitative estimate of drug-likeness (QED) is 0.729. The van der Waals surface area contributed by atoms with E-state index in [0.717, 1.165) is 30.0 Å². The molecule has 1 aromatic carbocycles. The summed E-state index contributed by atoms with van der Waals surface area (Å²) in [4.78, 5) is 33.1. The van der Waals surface area contributed by atoms with Gasteiger partial charge in [-0.1, -0.05) is 12.1 Å². The Labute approximate surface area is 176 Å². The van der Waals surface area contributed by atoms with E-state index in [4.69, 9.17) is 0 Å². The zero-order chi connectivity index (χ0) is 21.3. The van der Waals surface area contributed by atoms with Gasteiger partial charge in [-0.15, -0.1) is 11.3 Å². The van der Waals surface area contributed by atoms with Crippen LogP contribution in [0.1, 0.15) is 41.3 Å². The second-order valence-electron chi connectivity index (χ2n) is 7.87. The molecule has 2 aromatic rings. The maximum absolute atomic E-state index is 13.0. The molecule has 2 unspecified atom stereocenters. The van der Waals surface area contributed by atoms with Crippen LogP contribution in [-0.2, 0) is 22.3 Å². The number of carbonyl (C=O) groups is 2. The number of rotatable bonds is 4. The summed E-state index contributed by atoms with van der Waals surface area (Å²) in [6.07, 6.45) is -0.669. The van der Waals surface area contributed by atoms with Gasteiger partial charge in [0.25, 0.3) is 0 Å². The first kappa shape index (κ1) is 20.8. The largest absolute Gasteiger partial charge is 0.416 e. The van der Waals surface area contributed by atoms with E-state index in [0.29, 0.717) is 18.7 Å². The molecule has 1 aromatic heterocycles. The first-order valence-corrected chi connectivity index (χ1v) is 10.8. The number of piperidine rings is 1. The molecule has 4 rings (SSSR count). The van der Waals surface area contributed by atoms with Gasteiger partial charge in [-0.3, -0.25) is 9.59 Å². The standard InChI is InChI=1S/C21H22F3N3O2S/c22-21(23,24)17-5-1-3-14(9-17)11-27-13-16(10-18(27)28)20(29)26-7-2-4-15(12-26)19-25-6-8-30-19/h1,3,5-6,8-9,15-16H,2,4,7,10-13H2. The van der Waals surface area contributed by atoms with Crippen molar-refractivity contribution in [2.24, 2.45) is 5.92 Å². The van der Waals surface area contributed by atoms with Gasteiger partial charge >= 0.3 is 6.18 Å². The van der Waals surface area contributed by atoms with Gasteiger partial charge in [-0.25, -0.2) is 4.98 Å². The fourth-order valence-electron chi connectivity index (χ4n) is 4.23. The van der Waals surface area contributed by atoms with Crippen molar-refractivity contribution in [2.75, 3.05) is 19.6 Å². The van der Waals surface area contributed by atoms with E-state index in [9.17, 15) is 22.8 Å². The van der Waals surface area contributed by atoms with Crippen LogP contribution in [0.4, 0.5) is 13.2 Å². The molecule has 0 N–H and O–H groups in total. The van der Waals surface area contributed by atoms with E-state index in [1.807, 2.05) is 10.3 Å². The summed E-state index contributed by atoms with van der Waals surface area (Å²) >= 11 is 1.59. The van der Waals surface area contributed by atoms with E-state index in [2.05, 4.69) is 4.98 Å². The molecular weight excluding hydrogens is 415 g/mol. The molecule has 0 bridgehead atoms. The highest BCUT2D eigenvalue weighted by molar-refractivity contribution is 7.09. The molecule has 2 aliphatic rings. The van der Waals surface area contributed by atoms with Crippen molar-refractivity contribution in [3.8, 4) is 0 Å². The molecular formula is C21H22F3N3O2S. The van der Waals surface area contributed by atoms with Crippen LogP contribution in [0.25, 0.3) is 0 Å². The van der Waals surface area contributed by atoms with Gasteiger partial charge in [0.15, 0.2) is 0 Å². The first-order valence-electron chi connectivity index (χ1n) is 9.93. The van der Waals surface area contributed by atoms with Gasteiger partial charge in [0.2, 0.25) is 11.8 Å². The fourth-order valence-corrected chi connectivity index (χ4v) is 5.00. The molecule has 2 amide bonds. The van der Waals surface area contributed by atoms with E-state index >= 15 is 0 Å². The maximum atomic E-state index is 13.0. The average molecular weight is 437 g/mol. The van der Waals surface area contributed by atoms with Crippen molar-refractivity contribution in [1.82, 2.24) is 14.8 Å². The molecule has 3 heterocycles. The van der Waals surface area contributed by atoms with Gasteiger partial charge in [-0.05, 0) is 30.5 Å². The lowest BCUT2D eigenvalue weighted by atomic mass is 9.96. The van der Waals surface area contributed by atoms with Gasteiger partial charge < -0.3 is 9.80 Å². The summed E-state index contributed by atoms with van der Waals surface area (Å²) in [7, 11) is 0. The third-order valence-corrected chi connectivity index (χ3v) is 6.66. The lowest BCUT2D eigenvalue weighted by Crippen LogP contribution is -2.43. The second-order valence-corrected chi connectivity index (χ2v) is 8.79. The van der Waals surface area contributed by atoms with Crippen LogP contribution in [-0.4, -0.2) is 46.2 Å². The number of likely N-dealkylation sites (tertiary alicyclic amines) is 2. The number of alkyl halides is 3. The molecule has 0 aliphatic carbocycles. The Morgan fingerprint density at radius 3 is 2.83 bits per heavy atom. The normalized spacial score (nSPS) is 22.6. The Morgan fingerprint density at radius 2 is 2.10 bits per heavy atom. The van der Waals surface area contributed by atoms with Crippen molar-refractivity contribution in [2.45, 2.75) is 37.9 Å². The fraction of sp³-hybridized carbons (Fsp3) is 0.476. The summed E-state index contributed by atoms with van der Waals surface area (Å²) in [5, 5.41) is 2.96. The predicted molar refractivity (Wildman–Crippen MR) is 106 cm³/mol. The molecule has 2 atom stereocenters. The molecule has 5 nitrogen and oxygen atoms in total. The molecule has 0 saturated carbocycles. The average Bonchev–Trinajstić information content (AvgIpc) is 3.38. The van der Waals surface area contributed by atoms with Gasteiger partial charge in [0.1, 0.15) is 0 Å². The van der Waals surface area contributed by atoms with Crippen LogP contribution >= 0.6 is 11.3 Å².